The van der Waals surface area contributed by atoms with Crippen LogP contribution in [0.1, 0.15) is 29.5 Å². The fourth-order valence-corrected chi connectivity index (χ4v) is 5.14. The lowest BCUT2D eigenvalue weighted by atomic mass is 9.89. The Bertz CT molecular complexity index is 1350. The average Bonchev–Trinajstić information content (AvgIpc) is 3.53. The molecule has 2 heterocycles. The number of H-pyrrole nitrogens is 1. The molecule has 0 unspecified atom stereocenters. The van der Waals surface area contributed by atoms with E-state index in [0.717, 1.165) is 40.7 Å². The molecule has 0 saturated heterocycles. The molecule has 1 aliphatic rings. The molecule has 180 valence electrons. The van der Waals surface area contributed by atoms with Crippen LogP contribution in [0.2, 0.25) is 0 Å². The van der Waals surface area contributed by atoms with Gasteiger partial charge >= 0.3 is 0 Å². The van der Waals surface area contributed by atoms with E-state index < -0.39 is 0 Å². The molecule has 0 spiro atoms. The molecule has 35 heavy (non-hydrogen) atoms. The van der Waals surface area contributed by atoms with Crippen molar-refractivity contribution in [2.75, 3.05) is 32.2 Å². The Morgan fingerprint density at radius 3 is 2.63 bits per heavy atom. The van der Waals surface area contributed by atoms with Gasteiger partial charge in [0.15, 0.2) is 11.5 Å². The first-order valence-corrected chi connectivity index (χ1v) is 12.0. The number of rotatable bonds is 8. The molecule has 2 N–H and O–H groups in total. The van der Waals surface area contributed by atoms with Crippen molar-refractivity contribution in [3.05, 3.63) is 89.6 Å². The molecule has 1 aromatic heterocycles. The lowest BCUT2D eigenvalue weighted by molar-refractivity contribution is -0.120. The zero-order chi connectivity index (χ0) is 24.4. The van der Waals surface area contributed by atoms with E-state index in [1.807, 2.05) is 54.3 Å². The second-order valence-corrected chi connectivity index (χ2v) is 8.92. The van der Waals surface area contributed by atoms with E-state index in [-0.39, 0.29) is 17.9 Å². The van der Waals surface area contributed by atoms with Gasteiger partial charge in [0.1, 0.15) is 0 Å². The number of fused-ring (bicyclic) bond motifs is 2. The first-order chi connectivity index (χ1) is 17.1. The molecule has 0 aliphatic carbocycles. The van der Waals surface area contributed by atoms with E-state index >= 15 is 0 Å². The largest absolute Gasteiger partial charge is 0.493 e. The number of hydrogen-bond donors (Lipinski definition) is 2. The van der Waals surface area contributed by atoms with Crippen LogP contribution in [0.3, 0.4) is 0 Å². The lowest BCUT2D eigenvalue weighted by Gasteiger charge is -2.26. The average molecular weight is 470 g/mol. The van der Waals surface area contributed by atoms with E-state index in [9.17, 15) is 4.79 Å². The number of nitrogens with zero attached hydrogens (tertiary/aromatic N) is 1. The molecule has 1 aliphatic heterocycles. The standard InChI is InChI=1S/C29H31N3O3/c1-19(29(33)32-16-15-20-9-4-7-13-26(20)32)30-17-24(22-11-8-14-27(34-2)28(22)35-3)23-18-31-25-12-6-5-10-21(23)25/h4-14,18-19,24,30-31H,15-17H2,1-3H3/t19-,24-/m0/s1. The molecule has 5 rings (SSSR count). The van der Waals surface area contributed by atoms with E-state index in [4.69, 9.17) is 9.47 Å². The minimum atomic E-state index is -0.342. The molecule has 0 bridgehead atoms. The van der Waals surface area contributed by atoms with E-state index in [1.54, 1.807) is 14.2 Å². The summed E-state index contributed by atoms with van der Waals surface area (Å²) in [5.41, 5.74) is 5.48. The highest BCUT2D eigenvalue weighted by atomic mass is 16.5. The zero-order valence-electron chi connectivity index (χ0n) is 20.4. The van der Waals surface area contributed by atoms with Crippen LogP contribution in [0, 0.1) is 0 Å². The third kappa shape index (κ3) is 4.26. The van der Waals surface area contributed by atoms with Gasteiger partial charge in [0.2, 0.25) is 5.91 Å². The van der Waals surface area contributed by atoms with Gasteiger partial charge in [0.05, 0.1) is 20.3 Å². The minimum Gasteiger partial charge on any atom is -0.493 e. The number of para-hydroxylation sites is 3. The molecule has 6 heteroatoms. The zero-order valence-corrected chi connectivity index (χ0v) is 20.4. The van der Waals surface area contributed by atoms with E-state index in [0.29, 0.717) is 18.0 Å². The second kappa shape index (κ2) is 9.84. The van der Waals surface area contributed by atoms with Crippen LogP contribution in [0.25, 0.3) is 10.9 Å². The topological polar surface area (TPSA) is 66.6 Å². The van der Waals surface area contributed by atoms with Crippen LogP contribution in [0.15, 0.2) is 72.9 Å². The normalized spacial score (nSPS) is 14.5. The van der Waals surface area contributed by atoms with Crippen LogP contribution in [0.5, 0.6) is 11.5 Å². The number of carbonyl (C=O) groups excluding carboxylic acids is 1. The summed E-state index contributed by atoms with van der Waals surface area (Å²) >= 11 is 0. The molecule has 1 amide bonds. The van der Waals surface area contributed by atoms with Crippen molar-refractivity contribution in [1.82, 2.24) is 10.3 Å². The van der Waals surface area contributed by atoms with Gasteiger partial charge in [-0.25, -0.2) is 0 Å². The quantitative estimate of drug-likeness (QED) is 0.386. The molecule has 0 radical (unpaired) electrons. The van der Waals surface area contributed by atoms with Crippen molar-refractivity contribution in [2.24, 2.45) is 0 Å². The Morgan fingerprint density at radius 1 is 1.00 bits per heavy atom. The number of amides is 1. The van der Waals surface area contributed by atoms with Crippen LogP contribution in [-0.4, -0.2) is 44.2 Å². The third-order valence-corrected chi connectivity index (χ3v) is 6.96. The van der Waals surface area contributed by atoms with Crippen LogP contribution in [0.4, 0.5) is 5.69 Å². The summed E-state index contributed by atoms with van der Waals surface area (Å²) in [6.45, 7) is 3.23. The summed E-state index contributed by atoms with van der Waals surface area (Å²) in [6.07, 6.45) is 2.95. The fourth-order valence-electron chi connectivity index (χ4n) is 5.14. The monoisotopic (exact) mass is 469 g/mol. The highest BCUT2D eigenvalue weighted by Crippen LogP contribution is 2.40. The van der Waals surface area contributed by atoms with Crippen LogP contribution in [-0.2, 0) is 11.2 Å². The van der Waals surface area contributed by atoms with Gasteiger partial charge < -0.3 is 24.7 Å². The molecule has 3 aromatic carbocycles. The number of nitrogens with one attached hydrogen (secondary N) is 2. The number of benzene rings is 3. The maximum atomic E-state index is 13.4. The van der Waals surface area contributed by atoms with Gasteiger partial charge in [-0.2, -0.15) is 0 Å². The van der Waals surface area contributed by atoms with Crippen molar-refractivity contribution in [3.63, 3.8) is 0 Å². The maximum Gasteiger partial charge on any atom is 0.243 e. The summed E-state index contributed by atoms with van der Waals surface area (Å²) in [5.74, 6) is 1.43. The molecule has 6 nitrogen and oxygen atoms in total. The van der Waals surface area contributed by atoms with Crippen molar-refractivity contribution in [1.29, 1.82) is 0 Å². The number of methoxy groups -OCH3 is 2. The molecule has 0 saturated carbocycles. The first kappa shape index (κ1) is 23.0. The smallest absolute Gasteiger partial charge is 0.243 e. The SMILES string of the molecule is COc1cccc([C@H](CN[C@@H](C)C(=O)N2CCc3ccccc32)c2c[nH]c3ccccc23)c1OC. The third-order valence-electron chi connectivity index (χ3n) is 6.96. The Hall–Kier alpha value is -3.77. The summed E-state index contributed by atoms with van der Waals surface area (Å²) in [4.78, 5) is 18.7. The number of ether oxygens (including phenoxy) is 2. The summed E-state index contributed by atoms with van der Waals surface area (Å²) < 4.78 is 11.4. The van der Waals surface area contributed by atoms with Gasteiger partial charge in [0.25, 0.3) is 0 Å². The number of anilines is 1. The Morgan fingerprint density at radius 2 is 1.80 bits per heavy atom. The molecule has 4 aromatic rings. The predicted octanol–water partition coefficient (Wildman–Crippen LogP) is 4.88. The van der Waals surface area contributed by atoms with Crippen molar-refractivity contribution in [3.8, 4) is 11.5 Å². The van der Waals surface area contributed by atoms with Gasteiger partial charge in [-0.1, -0.05) is 48.5 Å². The summed E-state index contributed by atoms with van der Waals surface area (Å²) in [6, 6.07) is 22.0. The van der Waals surface area contributed by atoms with Gasteiger partial charge in [-0.15, -0.1) is 0 Å². The first-order valence-electron chi connectivity index (χ1n) is 12.0. The summed E-state index contributed by atoms with van der Waals surface area (Å²) in [7, 11) is 3.31. The van der Waals surface area contributed by atoms with Crippen LogP contribution >= 0.6 is 0 Å². The fraction of sp³-hybridized carbons (Fsp3) is 0.276. The lowest BCUT2D eigenvalue weighted by Crippen LogP contribution is -2.45. The van der Waals surface area contributed by atoms with E-state index in [2.05, 4.69) is 40.8 Å². The number of aromatic nitrogens is 1. The molecular weight excluding hydrogens is 438 g/mol. The van der Waals surface area contributed by atoms with E-state index in [1.165, 1.54) is 5.56 Å². The molecular formula is C29H31N3O3. The van der Waals surface area contributed by atoms with Gasteiger partial charge in [0, 0.05) is 47.4 Å². The second-order valence-electron chi connectivity index (χ2n) is 8.92. The van der Waals surface area contributed by atoms with Crippen molar-refractivity contribution >= 4 is 22.5 Å². The predicted molar refractivity (Wildman–Crippen MR) is 140 cm³/mol. The minimum absolute atomic E-state index is 0.0580. The maximum absolute atomic E-state index is 13.4. The summed E-state index contributed by atoms with van der Waals surface area (Å²) in [5, 5.41) is 4.68. The number of hydrogen-bond acceptors (Lipinski definition) is 4. The molecule has 2 atom stereocenters. The Labute approximate surface area is 205 Å². The highest BCUT2D eigenvalue weighted by Gasteiger charge is 2.29. The van der Waals surface area contributed by atoms with Gasteiger partial charge in [-0.3, -0.25) is 4.79 Å². The van der Waals surface area contributed by atoms with Crippen molar-refractivity contribution in [2.45, 2.75) is 25.3 Å². The Kier molecular flexibility index (Phi) is 6.47. The van der Waals surface area contributed by atoms with Gasteiger partial charge in [-0.05, 0) is 42.7 Å². The van der Waals surface area contributed by atoms with Crippen LogP contribution < -0.4 is 19.7 Å². The number of carbonyl (C=O) groups is 1. The Balaban J connectivity index is 1.45. The highest BCUT2D eigenvalue weighted by molar-refractivity contribution is 5.98. The molecule has 0 fully saturated rings. The van der Waals surface area contributed by atoms with Crippen molar-refractivity contribution < 1.29 is 14.3 Å². The number of aromatic amines is 1.